The van der Waals surface area contributed by atoms with E-state index in [2.05, 4.69) is 19.2 Å². The van der Waals surface area contributed by atoms with Crippen molar-refractivity contribution < 1.29 is 24.2 Å². The summed E-state index contributed by atoms with van der Waals surface area (Å²) >= 11 is 0. The fourth-order valence-corrected chi connectivity index (χ4v) is 6.81. The van der Waals surface area contributed by atoms with Gasteiger partial charge in [0.2, 0.25) is 5.91 Å². The van der Waals surface area contributed by atoms with Crippen LogP contribution >= 0.6 is 0 Å². The fraction of sp³-hybridized carbons (Fsp3) is 0.930. The van der Waals surface area contributed by atoms with Gasteiger partial charge in [-0.2, -0.15) is 0 Å². The van der Waals surface area contributed by atoms with Gasteiger partial charge in [0, 0.05) is 12.8 Å². The van der Waals surface area contributed by atoms with Crippen LogP contribution < -0.4 is 5.32 Å². The summed E-state index contributed by atoms with van der Waals surface area (Å²) in [4.78, 5) is 34.9. The number of amides is 1. The van der Waals surface area contributed by atoms with Crippen LogP contribution in [0.5, 0.6) is 0 Å². The molecule has 0 aromatic heterocycles. The van der Waals surface area contributed by atoms with E-state index < -0.39 is 5.97 Å². The maximum atomic E-state index is 12.7. The highest BCUT2D eigenvalue weighted by Crippen LogP contribution is 2.19. The normalized spacial score (nSPS) is 11.9. The van der Waals surface area contributed by atoms with Crippen molar-refractivity contribution in [2.24, 2.45) is 0 Å². The molecule has 1 unspecified atom stereocenters. The van der Waals surface area contributed by atoms with Crippen molar-refractivity contribution in [2.75, 3.05) is 6.54 Å². The highest BCUT2D eigenvalue weighted by molar-refractivity contribution is 5.80. The number of hydrogen-bond donors (Lipinski definition) is 2. The molecule has 6 nitrogen and oxygen atoms in total. The molecule has 49 heavy (non-hydrogen) atoms. The predicted octanol–water partition coefficient (Wildman–Crippen LogP) is 13.2. The van der Waals surface area contributed by atoms with E-state index in [0.717, 1.165) is 64.2 Å². The first-order valence-corrected chi connectivity index (χ1v) is 21.7. The average molecular weight is 694 g/mol. The Hall–Kier alpha value is -1.59. The highest BCUT2D eigenvalue weighted by atomic mass is 16.5. The van der Waals surface area contributed by atoms with Gasteiger partial charge in [-0.25, -0.2) is 0 Å². The first kappa shape index (κ1) is 47.4. The molecule has 6 heteroatoms. The van der Waals surface area contributed by atoms with Gasteiger partial charge in [0.05, 0.1) is 0 Å². The quantitative estimate of drug-likeness (QED) is 0.0492. The number of aliphatic carboxylic acids is 1. The highest BCUT2D eigenvalue weighted by Gasteiger charge is 2.14. The first-order valence-electron chi connectivity index (χ1n) is 21.7. The Kier molecular flexibility index (Phi) is 37.9. The number of nitrogens with one attached hydrogen (secondary N) is 1. The van der Waals surface area contributed by atoms with E-state index in [0.29, 0.717) is 12.8 Å². The largest absolute Gasteiger partial charge is 0.480 e. The number of carboxylic acids is 1. The SMILES string of the molecule is CCCCCCCCCCCCCCCCCCCCCCC(=O)OC(CCCCCCCCC)CCCCCCCC(=O)NCC(=O)O. The zero-order chi connectivity index (χ0) is 35.9. The van der Waals surface area contributed by atoms with Gasteiger partial charge in [0.1, 0.15) is 12.6 Å². The summed E-state index contributed by atoms with van der Waals surface area (Å²) in [6.07, 6.45) is 43.9. The Labute approximate surface area is 304 Å². The van der Waals surface area contributed by atoms with Crippen molar-refractivity contribution in [3.05, 3.63) is 0 Å². The predicted molar refractivity (Wildman–Crippen MR) is 208 cm³/mol. The van der Waals surface area contributed by atoms with Crippen molar-refractivity contribution in [2.45, 2.75) is 251 Å². The molecule has 0 aliphatic carbocycles. The zero-order valence-corrected chi connectivity index (χ0v) is 32.8. The van der Waals surface area contributed by atoms with Crippen LogP contribution in [0, 0.1) is 0 Å². The molecule has 0 aliphatic heterocycles. The summed E-state index contributed by atoms with van der Waals surface area (Å²) in [5.74, 6) is -1.21. The van der Waals surface area contributed by atoms with E-state index in [-0.39, 0.29) is 24.5 Å². The van der Waals surface area contributed by atoms with Crippen LogP contribution in [0.3, 0.4) is 0 Å². The number of ether oxygens (including phenoxy) is 1. The van der Waals surface area contributed by atoms with Crippen LogP contribution in [0.15, 0.2) is 0 Å². The molecule has 0 radical (unpaired) electrons. The molecule has 2 N–H and O–H groups in total. The van der Waals surface area contributed by atoms with Crippen LogP contribution in [0.2, 0.25) is 0 Å². The number of rotatable bonds is 40. The van der Waals surface area contributed by atoms with Gasteiger partial charge in [-0.05, 0) is 38.5 Å². The Balaban J connectivity index is 3.88. The molecule has 0 aromatic rings. The lowest BCUT2D eigenvalue weighted by Gasteiger charge is -2.18. The van der Waals surface area contributed by atoms with Gasteiger partial charge >= 0.3 is 11.9 Å². The molecular formula is C43H83NO5. The molecule has 1 amide bonds. The maximum Gasteiger partial charge on any atom is 0.322 e. The van der Waals surface area contributed by atoms with Crippen LogP contribution in [0.1, 0.15) is 245 Å². The standard InChI is InChI=1S/C43H83NO5/c1-3-5-7-9-11-12-13-14-15-16-17-18-19-20-21-22-23-25-30-34-38-43(48)49-40(35-31-27-24-10-8-6-4-2)36-32-28-26-29-33-37-41(45)44-39-42(46)47/h40H,3-39H2,1-2H3,(H,44,45)(H,46,47). The Morgan fingerprint density at radius 3 is 1.10 bits per heavy atom. The van der Waals surface area contributed by atoms with Gasteiger partial charge in [-0.15, -0.1) is 0 Å². The summed E-state index contributed by atoms with van der Waals surface area (Å²) < 4.78 is 6.00. The van der Waals surface area contributed by atoms with Crippen molar-refractivity contribution in [3.63, 3.8) is 0 Å². The maximum absolute atomic E-state index is 12.7. The molecule has 0 aromatic carbocycles. The Bertz CT molecular complexity index is 727. The third kappa shape index (κ3) is 39.1. The number of carboxylic acid groups (broad SMARTS) is 1. The first-order chi connectivity index (χ1) is 24.0. The molecule has 0 heterocycles. The molecular weight excluding hydrogens is 610 g/mol. The van der Waals surface area contributed by atoms with E-state index in [9.17, 15) is 14.4 Å². The smallest absolute Gasteiger partial charge is 0.322 e. The van der Waals surface area contributed by atoms with Crippen molar-refractivity contribution in [3.8, 4) is 0 Å². The van der Waals surface area contributed by atoms with Gasteiger partial charge in [-0.3, -0.25) is 14.4 Å². The third-order valence-electron chi connectivity index (χ3n) is 10.0. The van der Waals surface area contributed by atoms with Gasteiger partial charge in [0.15, 0.2) is 0 Å². The zero-order valence-electron chi connectivity index (χ0n) is 32.8. The average Bonchev–Trinajstić information content (AvgIpc) is 3.08. The van der Waals surface area contributed by atoms with Crippen LogP contribution in [0.4, 0.5) is 0 Å². The molecule has 0 spiro atoms. The molecule has 0 rings (SSSR count). The van der Waals surface area contributed by atoms with Gasteiger partial charge in [-0.1, -0.05) is 194 Å². The van der Waals surface area contributed by atoms with Crippen molar-refractivity contribution >= 4 is 17.8 Å². The summed E-state index contributed by atoms with van der Waals surface area (Å²) in [6.45, 7) is 4.23. The fourth-order valence-electron chi connectivity index (χ4n) is 6.81. The van der Waals surface area contributed by atoms with E-state index in [4.69, 9.17) is 9.84 Å². The molecule has 0 saturated heterocycles. The lowest BCUT2D eigenvalue weighted by atomic mass is 10.0. The number of esters is 1. The summed E-state index contributed by atoms with van der Waals surface area (Å²) in [5.41, 5.74) is 0. The van der Waals surface area contributed by atoms with Crippen LogP contribution in [-0.2, 0) is 19.1 Å². The lowest BCUT2D eigenvalue weighted by molar-refractivity contribution is -0.150. The third-order valence-corrected chi connectivity index (χ3v) is 10.0. The van der Waals surface area contributed by atoms with Crippen LogP contribution in [0.25, 0.3) is 0 Å². The molecule has 0 aliphatic rings. The second-order valence-electron chi connectivity index (χ2n) is 15.0. The number of unbranched alkanes of at least 4 members (excludes halogenated alkanes) is 29. The Morgan fingerprint density at radius 1 is 0.449 bits per heavy atom. The molecule has 0 fully saturated rings. The van der Waals surface area contributed by atoms with Gasteiger partial charge in [0.25, 0.3) is 0 Å². The van der Waals surface area contributed by atoms with Gasteiger partial charge < -0.3 is 15.2 Å². The summed E-state index contributed by atoms with van der Waals surface area (Å²) in [5, 5.41) is 11.1. The summed E-state index contributed by atoms with van der Waals surface area (Å²) in [6, 6.07) is 0. The van der Waals surface area contributed by atoms with Crippen molar-refractivity contribution in [1.82, 2.24) is 5.32 Å². The minimum atomic E-state index is -1.01. The van der Waals surface area contributed by atoms with Crippen LogP contribution in [-0.4, -0.2) is 35.6 Å². The molecule has 0 saturated carbocycles. The number of hydrogen-bond acceptors (Lipinski definition) is 4. The topological polar surface area (TPSA) is 92.7 Å². The molecule has 0 bridgehead atoms. The molecule has 1 atom stereocenters. The minimum absolute atomic E-state index is 0.0114. The summed E-state index contributed by atoms with van der Waals surface area (Å²) in [7, 11) is 0. The molecule has 290 valence electrons. The van der Waals surface area contributed by atoms with E-state index in [1.165, 1.54) is 154 Å². The van der Waals surface area contributed by atoms with E-state index >= 15 is 0 Å². The second-order valence-corrected chi connectivity index (χ2v) is 15.0. The monoisotopic (exact) mass is 694 g/mol. The number of carbonyl (C=O) groups excluding carboxylic acids is 2. The second kappa shape index (κ2) is 39.2. The lowest BCUT2D eigenvalue weighted by Crippen LogP contribution is -2.28. The van der Waals surface area contributed by atoms with E-state index in [1.807, 2.05) is 0 Å². The number of carbonyl (C=O) groups is 3. The minimum Gasteiger partial charge on any atom is -0.480 e. The van der Waals surface area contributed by atoms with Crippen molar-refractivity contribution in [1.29, 1.82) is 0 Å². The Morgan fingerprint density at radius 2 is 0.755 bits per heavy atom. The van der Waals surface area contributed by atoms with E-state index in [1.54, 1.807) is 0 Å².